The average Bonchev–Trinajstić information content (AvgIpc) is 2.53. The molecule has 94 valence electrons. The quantitative estimate of drug-likeness (QED) is 0.863. The van der Waals surface area contributed by atoms with E-state index in [1.54, 1.807) is 0 Å². The number of aliphatic hydroxyl groups excluding tert-OH is 1. The molecule has 1 aromatic carbocycles. The highest BCUT2D eigenvalue weighted by molar-refractivity contribution is 7.99. The van der Waals surface area contributed by atoms with Crippen molar-refractivity contribution in [3.63, 3.8) is 0 Å². The molecule has 2 rings (SSSR count). The summed E-state index contributed by atoms with van der Waals surface area (Å²) in [6, 6.07) is 9.51. The van der Waals surface area contributed by atoms with Gasteiger partial charge in [-0.2, -0.15) is 0 Å². The van der Waals surface area contributed by atoms with Crippen molar-refractivity contribution >= 4 is 11.8 Å². The number of fused-ring (bicyclic) bond motifs is 1. The van der Waals surface area contributed by atoms with Crippen molar-refractivity contribution in [1.29, 1.82) is 0 Å². The highest BCUT2D eigenvalue weighted by atomic mass is 32.2. The number of thioether (sulfide) groups is 1. The van der Waals surface area contributed by atoms with Crippen LogP contribution < -0.4 is 5.32 Å². The Morgan fingerprint density at radius 2 is 2.29 bits per heavy atom. The second-order valence-electron chi connectivity index (χ2n) is 4.66. The lowest BCUT2D eigenvalue weighted by molar-refractivity contribution is 0.261. The van der Waals surface area contributed by atoms with Crippen molar-refractivity contribution in [2.24, 2.45) is 0 Å². The summed E-state index contributed by atoms with van der Waals surface area (Å²) in [5.41, 5.74) is 1.43. The fourth-order valence-corrected chi connectivity index (χ4v) is 3.40. The van der Waals surface area contributed by atoms with Crippen molar-refractivity contribution in [3.8, 4) is 0 Å². The molecule has 1 aliphatic rings. The summed E-state index contributed by atoms with van der Waals surface area (Å²) < 4.78 is 0. The third-order valence-corrected chi connectivity index (χ3v) is 4.41. The molecule has 1 heterocycles. The molecule has 0 fully saturated rings. The lowest BCUT2D eigenvalue weighted by atomic mass is 10.0. The smallest absolute Gasteiger partial charge is 0.0445 e. The van der Waals surface area contributed by atoms with Crippen molar-refractivity contribution in [1.82, 2.24) is 5.32 Å². The summed E-state index contributed by atoms with van der Waals surface area (Å²) in [5.74, 6) is 1.21. The van der Waals surface area contributed by atoms with Crippen molar-refractivity contribution in [2.45, 2.75) is 43.2 Å². The molecule has 1 aliphatic heterocycles. The zero-order valence-corrected chi connectivity index (χ0v) is 11.2. The second-order valence-corrected chi connectivity index (χ2v) is 5.80. The first-order chi connectivity index (χ1) is 8.31. The van der Waals surface area contributed by atoms with Crippen LogP contribution in [0.5, 0.6) is 0 Å². The van der Waals surface area contributed by atoms with Gasteiger partial charge in [-0.3, -0.25) is 0 Å². The Balaban J connectivity index is 2.11. The van der Waals surface area contributed by atoms with Crippen LogP contribution in [0, 0.1) is 0 Å². The van der Waals surface area contributed by atoms with E-state index in [9.17, 15) is 0 Å². The van der Waals surface area contributed by atoms with Crippen LogP contribution in [-0.2, 0) is 0 Å². The van der Waals surface area contributed by atoms with E-state index in [1.165, 1.54) is 29.1 Å². The zero-order chi connectivity index (χ0) is 12.1. The molecule has 0 bridgehead atoms. The number of nitrogens with one attached hydrogen (secondary N) is 1. The van der Waals surface area contributed by atoms with Crippen LogP contribution >= 0.6 is 11.8 Å². The summed E-state index contributed by atoms with van der Waals surface area (Å²) in [5, 5.41) is 12.6. The number of benzene rings is 1. The number of rotatable bonds is 4. The fraction of sp³-hybridized carbons (Fsp3) is 0.571. The summed E-state index contributed by atoms with van der Waals surface area (Å²) in [6.07, 6.45) is 3.27. The van der Waals surface area contributed by atoms with Crippen LogP contribution in [0.2, 0.25) is 0 Å². The van der Waals surface area contributed by atoms with E-state index >= 15 is 0 Å². The van der Waals surface area contributed by atoms with Gasteiger partial charge in [0.15, 0.2) is 0 Å². The molecule has 0 radical (unpaired) electrons. The van der Waals surface area contributed by atoms with Crippen LogP contribution in [0.1, 0.15) is 37.8 Å². The summed E-state index contributed by atoms with van der Waals surface area (Å²) >= 11 is 1.96. The third kappa shape index (κ3) is 3.47. The predicted molar refractivity (Wildman–Crippen MR) is 73.4 cm³/mol. The molecule has 0 saturated heterocycles. The molecular weight excluding hydrogens is 230 g/mol. The summed E-state index contributed by atoms with van der Waals surface area (Å²) in [4.78, 5) is 1.42. The zero-order valence-electron chi connectivity index (χ0n) is 10.4. The Morgan fingerprint density at radius 3 is 3.12 bits per heavy atom. The molecule has 2 nitrogen and oxygen atoms in total. The van der Waals surface area contributed by atoms with E-state index in [4.69, 9.17) is 5.11 Å². The minimum absolute atomic E-state index is 0.261. The van der Waals surface area contributed by atoms with Crippen molar-refractivity contribution < 1.29 is 5.11 Å². The molecular formula is C14H21NOS. The largest absolute Gasteiger partial charge is 0.396 e. The van der Waals surface area contributed by atoms with Crippen LogP contribution in [0.25, 0.3) is 0 Å². The molecule has 1 aromatic rings. The first-order valence-electron chi connectivity index (χ1n) is 6.40. The summed E-state index contributed by atoms with van der Waals surface area (Å²) in [6.45, 7) is 2.41. The Morgan fingerprint density at radius 1 is 1.47 bits per heavy atom. The fourth-order valence-electron chi connectivity index (χ4n) is 2.32. The van der Waals surface area contributed by atoms with Gasteiger partial charge >= 0.3 is 0 Å². The average molecular weight is 251 g/mol. The first-order valence-corrected chi connectivity index (χ1v) is 7.38. The SMILES string of the molecule is C[C@H](CCO)N[C@@H]1CCCSc2ccccc21. The Kier molecular flexibility index (Phi) is 4.89. The Labute approximate surface area is 108 Å². The molecule has 0 amide bonds. The van der Waals surface area contributed by atoms with E-state index in [0.29, 0.717) is 12.1 Å². The van der Waals surface area contributed by atoms with Crippen molar-refractivity contribution in [2.75, 3.05) is 12.4 Å². The molecule has 0 aliphatic carbocycles. The maximum atomic E-state index is 8.97. The highest BCUT2D eigenvalue weighted by Crippen LogP contribution is 2.34. The van der Waals surface area contributed by atoms with Gasteiger partial charge in [-0.25, -0.2) is 0 Å². The normalized spacial score (nSPS) is 21.6. The molecule has 2 N–H and O–H groups in total. The molecule has 0 unspecified atom stereocenters. The van der Waals surface area contributed by atoms with Crippen LogP contribution in [0.4, 0.5) is 0 Å². The van der Waals surface area contributed by atoms with Crippen molar-refractivity contribution in [3.05, 3.63) is 29.8 Å². The van der Waals surface area contributed by atoms with Crippen LogP contribution in [0.3, 0.4) is 0 Å². The van der Waals surface area contributed by atoms with Gasteiger partial charge in [-0.1, -0.05) is 18.2 Å². The monoisotopic (exact) mass is 251 g/mol. The Hall–Kier alpha value is -0.510. The standard InChI is InChI=1S/C14H21NOS/c1-11(8-9-16)15-13-6-4-10-17-14-7-3-2-5-12(13)14/h2-3,5,7,11,13,15-16H,4,6,8-10H2,1H3/t11-,13-/m1/s1. The van der Waals surface area contributed by atoms with Crippen LogP contribution in [-0.4, -0.2) is 23.5 Å². The number of hydrogen-bond donors (Lipinski definition) is 2. The predicted octanol–water partition coefficient (Wildman–Crippen LogP) is 2.97. The number of hydrogen-bond acceptors (Lipinski definition) is 3. The molecule has 3 heteroatoms. The van der Waals surface area contributed by atoms with Gasteiger partial charge in [-0.05, 0) is 43.6 Å². The molecule has 0 spiro atoms. The van der Waals surface area contributed by atoms with Gasteiger partial charge < -0.3 is 10.4 Å². The highest BCUT2D eigenvalue weighted by Gasteiger charge is 2.19. The Bertz CT molecular complexity index is 356. The molecule has 2 atom stereocenters. The van der Waals surface area contributed by atoms with Gasteiger partial charge in [0.25, 0.3) is 0 Å². The van der Waals surface area contributed by atoms with Crippen LogP contribution in [0.15, 0.2) is 29.2 Å². The van der Waals surface area contributed by atoms with Gasteiger partial charge in [0, 0.05) is 23.6 Å². The van der Waals surface area contributed by atoms with E-state index in [2.05, 4.69) is 36.5 Å². The van der Waals surface area contributed by atoms with E-state index < -0.39 is 0 Å². The second kappa shape index (κ2) is 6.43. The first kappa shape index (κ1) is 12.9. The molecule has 0 saturated carbocycles. The maximum absolute atomic E-state index is 8.97. The van der Waals surface area contributed by atoms with E-state index in [0.717, 1.165) is 6.42 Å². The lowest BCUT2D eigenvalue weighted by Crippen LogP contribution is -2.31. The van der Waals surface area contributed by atoms with Gasteiger partial charge in [0.2, 0.25) is 0 Å². The molecule has 17 heavy (non-hydrogen) atoms. The van der Waals surface area contributed by atoms with Gasteiger partial charge in [0.05, 0.1) is 0 Å². The van der Waals surface area contributed by atoms with Gasteiger partial charge in [-0.15, -0.1) is 11.8 Å². The van der Waals surface area contributed by atoms with Gasteiger partial charge in [0.1, 0.15) is 0 Å². The lowest BCUT2D eigenvalue weighted by Gasteiger charge is -2.23. The summed E-state index contributed by atoms with van der Waals surface area (Å²) in [7, 11) is 0. The molecule has 0 aromatic heterocycles. The van der Waals surface area contributed by atoms with E-state index in [-0.39, 0.29) is 6.61 Å². The van der Waals surface area contributed by atoms with E-state index in [1.807, 2.05) is 11.8 Å². The topological polar surface area (TPSA) is 32.3 Å². The third-order valence-electron chi connectivity index (χ3n) is 3.24. The minimum Gasteiger partial charge on any atom is -0.396 e. The minimum atomic E-state index is 0.261. The maximum Gasteiger partial charge on any atom is 0.0445 e. The number of aliphatic hydroxyl groups is 1.